The molecule has 1 atom stereocenters. The number of rotatable bonds is 1. The lowest BCUT2D eigenvalue weighted by molar-refractivity contribution is 0.426. The highest BCUT2D eigenvalue weighted by Crippen LogP contribution is 2.21. The Morgan fingerprint density at radius 2 is 2.08 bits per heavy atom. The van der Waals surface area contributed by atoms with Crippen LogP contribution in [0.4, 0.5) is 0 Å². The molecular formula is C10H12N2. The van der Waals surface area contributed by atoms with Gasteiger partial charge in [0.05, 0.1) is 18.9 Å². The Morgan fingerprint density at radius 3 is 2.67 bits per heavy atom. The standard InChI is InChI=1S/C10H12N2/c1-12-8-11-7-10(12)9-5-3-2-4-6-9/h2-6,8,10H,7H2,1H3/t10-/m1/s1. The molecule has 1 heterocycles. The zero-order valence-corrected chi connectivity index (χ0v) is 7.14. The smallest absolute Gasteiger partial charge is 0.0854 e. The zero-order chi connectivity index (χ0) is 8.39. The SMILES string of the molecule is CN1C=NC[C@@H]1c1ccccc1. The van der Waals surface area contributed by atoms with Crippen molar-refractivity contribution in [3.8, 4) is 0 Å². The van der Waals surface area contributed by atoms with Crippen LogP contribution in [-0.2, 0) is 0 Å². The summed E-state index contributed by atoms with van der Waals surface area (Å²) in [6, 6.07) is 10.9. The van der Waals surface area contributed by atoms with E-state index in [4.69, 9.17) is 0 Å². The Kier molecular flexibility index (Phi) is 1.82. The van der Waals surface area contributed by atoms with Crippen LogP contribution >= 0.6 is 0 Å². The Labute approximate surface area is 72.5 Å². The molecule has 0 amide bonds. The molecule has 0 unspecified atom stereocenters. The van der Waals surface area contributed by atoms with Gasteiger partial charge in [0.2, 0.25) is 0 Å². The minimum Gasteiger partial charge on any atom is -0.357 e. The second-order valence-electron chi connectivity index (χ2n) is 3.07. The average molecular weight is 160 g/mol. The van der Waals surface area contributed by atoms with Crippen LogP contribution in [0, 0.1) is 0 Å². The Morgan fingerprint density at radius 1 is 1.33 bits per heavy atom. The fraction of sp³-hybridized carbons (Fsp3) is 0.300. The van der Waals surface area contributed by atoms with Crippen molar-refractivity contribution in [2.24, 2.45) is 4.99 Å². The lowest BCUT2D eigenvalue weighted by Crippen LogP contribution is -2.19. The first-order valence-corrected chi connectivity index (χ1v) is 4.15. The molecule has 12 heavy (non-hydrogen) atoms. The van der Waals surface area contributed by atoms with Crippen LogP contribution in [0.3, 0.4) is 0 Å². The maximum atomic E-state index is 4.22. The van der Waals surface area contributed by atoms with Crippen LogP contribution in [0.25, 0.3) is 0 Å². The summed E-state index contributed by atoms with van der Waals surface area (Å²) in [5.74, 6) is 0. The van der Waals surface area contributed by atoms with Crippen molar-refractivity contribution < 1.29 is 0 Å². The summed E-state index contributed by atoms with van der Waals surface area (Å²) in [5, 5.41) is 0. The third-order valence-electron chi connectivity index (χ3n) is 2.22. The molecule has 2 rings (SSSR count). The highest BCUT2D eigenvalue weighted by molar-refractivity contribution is 5.58. The van der Waals surface area contributed by atoms with Crippen LogP contribution in [0.5, 0.6) is 0 Å². The van der Waals surface area contributed by atoms with Crippen LogP contribution in [0.2, 0.25) is 0 Å². The van der Waals surface area contributed by atoms with Crippen molar-refractivity contribution in [1.82, 2.24) is 4.90 Å². The third kappa shape index (κ3) is 1.20. The highest BCUT2D eigenvalue weighted by Gasteiger charge is 2.17. The van der Waals surface area contributed by atoms with Gasteiger partial charge in [-0.2, -0.15) is 0 Å². The van der Waals surface area contributed by atoms with Gasteiger partial charge in [0, 0.05) is 7.05 Å². The summed E-state index contributed by atoms with van der Waals surface area (Å²) in [6.07, 6.45) is 1.90. The fourth-order valence-electron chi connectivity index (χ4n) is 1.50. The monoisotopic (exact) mass is 160 g/mol. The van der Waals surface area contributed by atoms with Crippen molar-refractivity contribution >= 4 is 6.34 Å². The maximum absolute atomic E-state index is 4.22. The van der Waals surface area contributed by atoms with Gasteiger partial charge in [0.25, 0.3) is 0 Å². The summed E-state index contributed by atoms with van der Waals surface area (Å²) in [4.78, 5) is 6.37. The molecule has 0 spiro atoms. The molecule has 0 radical (unpaired) electrons. The van der Waals surface area contributed by atoms with Gasteiger partial charge in [-0.15, -0.1) is 0 Å². The molecule has 0 N–H and O–H groups in total. The second kappa shape index (κ2) is 2.97. The molecule has 2 heteroatoms. The van der Waals surface area contributed by atoms with Gasteiger partial charge in [0.15, 0.2) is 0 Å². The molecular weight excluding hydrogens is 148 g/mol. The molecule has 1 aliphatic rings. The van der Waals surface area contributed by atoms with E-state index in [2.05, 4.69) is 41.2 Å². The van der Waals surface area contributed by atoms with E-state index in [1.165, 1.54) is 5.56 Å². The maximum Gasteiger partial charge on any atom is 0.0854 e. The zero-order valence-electron chi connectivity index (χ0n) is 7.14. The molecule has 2 nitrogen and oxygen atoms in total. The van der Waals surface area contributed by atoms with E-state index < -0.39 is 0 Å². The van der Waals surface area contributed by atoms with Gasteiger partial charge in [-0.3, -0.25) is 4.99 Å². The van der Waals surface area contributed by atoms with Crippen molar-refractivity contribution in [3.63, 3.8) is 0 Å². The Bertz CT molecular complexity index is 279. The predicted molar refractivity (Wildman–Crippen MR) is 50.3 cm³/mol. The Hall–Kier alpha value is -1.31. The molecule has 1 aromatic carbocycles. The minimum atomic E-state index is 0.450. The summed E-state index contributed by atoms with van der Waals surface area (Å²) in [7, 11) is 2.06. The van der Waals surface area contributed by atoms with E-state index in [0.29, 0.717) is 6.04 Å². The Balaban J connectivity index is 2.22. The quantitative estimate of drug-likeness (QED) is 0.610. The van der Waals surface area contributed by atoms with E-state index in [1.54, 1.807) is 0 Å². The van der Waals surface area contributed by atoms with Gasteiger partial charge in [-0.25, -0.2) is 0 Å². The largest absolute Gasteiger partial charge is 0.357 e. The summed E-state index contributed by atoms with van der Waals surface area (Å²) < 4.78 is 0. The number of hydrogen-bond donors (Lipinski definition) is 0. The van der Waals surface area contributed by atoms with Crippen LogP contribution in [-0.4, -0.2) is 24.8 Å². The topological polar surface area (TPSA) is 15.6 Å². The first-order valence-electron chi connectivity index (χ1n) is 4.15. The van der Waals surface area contributed by atoms with Gasteiger partial charge < -0.3 is 4.90 Å². The first-order chi connectivity index (χ1) is 5.88. The lowest BCUT2D eigenvalue weighted by atomic mass is 10.1. The van der Waals surface area contributed by atoms with Gasteiger partial charge in [-0.1, -0.05) is 30.3 Å². The third-order valence-corrected chi connectivity index (χ3v) is 2.22. The van der Waals surface area contributed by atoms with E-state index in [0.717, 1.165) is 6.54 Å². The normalized spacial score (nSPS) is 21.8. The summed E-state index contributed by atoms with van der Waals surface area (Å²) >= 11 is 0. The van der Waals surface area contributed by atoms with Crippen molar-refractivity contribution in [2.45, 2.75) is 6.04 Å². The molecule has 0 aromatic heterocycles. The first kappa shape index (κ1) is 7.35. The van der Waals surface area contributed by atoms with E-state index in [-0.39, 0.29) is 0 Å². The number of aliphatic imine (C=N–C) groups is 1. The minimum absolute atomic E-state index is 0.450. The molecule has 62 valence electrons. The van der Waals surface area contributed by atoms with Crippen molar-refractivity contribution in [1.29, 1.82) is 0 Å². The van der Waals surface area contributed by atoms with Crippen LogP contribution < -0.4 is 0 Å². The summed E-state index contributed by atoms with van der Waals surface area (Å²) in [5.41, 5.74) is 1.34. The van der Waals surface area contributed by atoms with Crippen molar-refractivity contribution in [3.05, 3.63) is 35.9 Å². The number of nitrogens with zero attached hydrogens (tertiary/aromatic N) is 2. The molecule has 0 fully saturated rings. The molecule has 0 aliphatic carbocycles. The molecule has 0 bridgehead atoms. The lowest BCUT2D eigenvalue weighted by Gasteiger charge is -2.18. The van der Waals surface area contributed by atoms with E-state index in [1.807, 2.05) is 12.4 Å². The number of likely N-dealkylation sites (N-methyl/N-ethyl adjacent to an activating group) is 1. The van der Waals surface area contributed by atoms with Gasteiger partial charge in [0.1, 0.15) is 0 Å². The molecule has 1 aromatic rings. The fourth-order valence-corrected chi connectivity index (χ4v) is 1.50. The van der Waals surface area contributed by atoms with Gasteiger partial charge in [-0.05, 0) is 5.56 Å². The van der Waals surface area contributed by atoms with Crippen molar-refractivity contribution in [2.75, 3.05) is 13.6 Å². The highest BCUT2D eigenvalue weighted by atomic mass is 15.2. The predicted octanol–water partition coefficient (Wildman–Crippen LogP) is 1.70. The van der Waals surface area contributed by atoms with Gasteiger partial charge >= 0.3 is 0 Å². The number of benzene rings is 1. The van der Waals surface area contributed by atoms with E-state index >= 15 is 0 Å². The summed E-state index contributed by atoms with van der Waals surface area (Å²) in [6.45, 7) is 0.889. The molecule has 1 aliphatic heterocycles. The number of hydrogen-bond acceptors (Lipinski definition) is 2. The molecule has 0 saturated carbocycles. The second-order valence-corrected chi connectivity index (χ2v) is 3.07. The molecule has 0 saturated heterocycles. The van der Waals surface area contributed by atoms with Crippen LogP contribution in [0.15, 0.2) is 35.3 Å². The average Bonchev–Trinajstić information content (AvgIpc) is 2.53. The van der Waals surface area contributed by atoms with Crippen LogP contribution in [0.1, 0.15) is 11.6 Å². The van der Waals surface area contributed by atoms with E-state index in [9.17, 15) is 0 Å².